The van der Waals surface area contributed by atoms with Crippen LogP contribution in [0.3, 0.4) is 0 Å². The molecule has 1 saturated carbocycles. The van der Waals surface area contributed by atoms with Crippen LogP contribution in [0.5, 0.6) is 0 Å². The van der Waals surface area contributed by atoms with Crippen molar-refractivity contribution in [2.24, 2.45) is 23.8 Å². The molecule has 3 aliphatic rings. The average Bonchev–Trinajstić information content (AvgIpc) is 3.54. The lowest BCUT2D eigenvalue weighted by Gasteiger charge is -2.20. The standard InChI is InChI=1S/C27H22ClFN6O/c1-35-27(24-19(9-30)23-15(13-2-3-13)6-7-17(23)25(28)26(24)29)20(11-32-35)14-4-5-16-18(8-14)21(10-31)33-34-22(16)12-36/h4-5,8,11,13,15,34H,2-3,6-7,10,31H2,1H3. The molecule has 180 valence electrons. The van der Waals surface area contributed by atoms with E-state index in [1.165, 1.54) is 0 Å². The number of halogens is 2. The normalized spacial score (nSPS) is 18.1. The Morgan fingerprint density at radius 3 is 2.78 bits per heavy atom. The molecule has 2 heterocycles. The van der Waals surface area contributed by atoms with Crippen molar-refractivity contribution in [1.82, 2.24) is 15.2 Å². The van der Waals surface area contributed by atoms with E-state index in [9.17, 15) is 10.1 Å². The number of carbonyl (C=O) groups excluding carboxylic acids is 1. The summed E-state index contributed by atoms with van der Waals surface area (Å²) < 4.78 is 17.5. The number of nitrogens with zero attached hydrogens (tertiary/aromatic N) is 4. The number of rotatable bonds is 4. The van der Waals surface area contributed by atoms with E-state index >= 15 is 4.39 Å². The fourth-order valence-corrected chi connectivity index (χ4v) is 6.04. The third kappa shape index (κ3) is 3.25. The Morgan fingerprint density at radius 1 is 1.28 bits per heavy atom. The zero-order valence-electron chi connectivity index (χ0n) is 19.5. The molecular weight excluding hydrogens is 479 g/mol. The SMILES string of the molecule is Cn1ncc(-c2ccc3c(c2)C(CN)=NNC3=C=O)c1-c1c(F)c(Cl)c2c(c1C#N)C(C1CC1)CC2. The summed E-state index contributed by atoms with van der Waals surface area (Å²) >= 11 is 6.61. The first-order valence-electron chi connectivity index (χ1n) is 11.9. The highest BCUT2D eigenvalue weighted by Gasteiger charge is 2.41. The van der Waals surface area contributed by atoms with Gasteiger partial charge in [-0.2, -0.15) is 15.5 Å². The van der Waals surface area contributed by atoms with Crippen LogP contribution in [-0.4, -0.2) is 28.0 Å². The molecule has 1 fully saturated rings. The van der Waals surface area contributed by atoms with Crippen LogP contribution in [0, 0.1) is 23.1 Å². The van der Waals surface area contributed by atoms with Gasteiger partial charge in [0.25, 0.3) is 0 Å². The third-order valence-electron chi connectivity index (χ3n) is 7.59. The number of nitrogens with two attached hydrogens (primary N) is 1. The molecule has 0 amide bonds. The summed E-state index contributed by atoms with van der Waals surface area (Å²) in [6.45, 7) is 0.158. The fraction of sp³-hybridized carbons (Fsp3) is 0.296. The molecule has 36 heavy (non-hydrogen) atoms. The maximum absolute atomic E-state index is 16.0. The van der Waals surface area contributed by atoms with Gasteiger partial charge in [-0.15, -0.1) is 0 Å². The van der Waals surface area contributed by atoms with Crippen molar-refractivity contribution in [1.29, 1.82) is 5.26 Å². The summed E-state index contributed by atoms with van der Waals surface area (Å²) in [6, 6.07) is 7.77. The Kier molecular flexibility index (Phi) is 5.31. The fourth-order valence-electron chi connectivity index (χ4n) is 5.75. The Hall–Kier alpha value is -3.76. The summed E-state index contributed by atoms with van der Waals surface area (Å²) in [4.78, 5) is 11.4. The van der Waals surface area contributed by atoms with Crippen LogP contribution >= 0.6 is 11.6 Å². The highest BCUT2D eigenvalue weighted by atomic mass is 35.5. The molecule has 0 bridgehead atoms. The van der Waals surface area contributed by atoms with Crippen LogP contribution in [0.15, 0.2) is 29.5 Å². The second kappa shape index (κ2) is 8.42. The number of benzene rings is 2. The molecule has 1 aliphatic heterocycles. The quantitative estimate of drug-likeness (QED) is 0.519. The zero-order chi connectivity index (χ0) is 25.1. The van der Waals surface area contributed by atoms with Crippen LogP contribution in [-0.2, 0) is 18.3 Å². The molecule has 1 atom stereocenters. The van der Waals surface area contributed by atoms with Gasteiger partial charge in [0, 0.05) is 30.3 Å². The molecule has 2 aromatic carbocycles. The van der Waals surface area contributed by atoms with Crippen LogP contribution in [0.1, 0.15) is 53.0 Å². The van der Waals surface area contributed by atoms with Gasteiger partial charge in [0.05, 0.1) is 33.8 Å². The maximum Gasteiger partial charge on any atom is 0.152 e. The number of fused-ring (bicyclic) bond motifs is 2. The van der Waals surface area contributed by atoms with Crippen LogP contribution < -0.4 is 11.2 Å². The second-order valence-corrected chi connectivity index (χ2v) is 9.88. The van der Waals surface area contributed by atoms with E-state index in [1.807, 2.05) is 18.1 Å². The van der Waals surface area contributed by atoms with Gasteiger partial charge < -0.3 is 5.73 Å². The second-order valence-electron chi connectivity index (χ2n) is 9.51. The predicted octanol–water partition coefficient (Wildman–Crippen LogP) is 4.30. The first kappa shape index (κ1) is 22.7. The molecule has 0 saturated heterocycles. The lowest BCUT2D eigenvalue weighted by atomic mass is 9.86. The summed E-state index contributed by atoms with van der Waals surface area (Å²) in [5.41, 5.74) is 14.7. The van der Waals surface area contributed by atoms with Gasteiger partial charge in [-0.25, -0.2) is 9.18 Å². The van der Waals surface area contributed by atoms with Crippen molar-refractivity contribution in [3.8, 4) is 28.5 Å². The summed E-state index contributed by atoms with van der Waals surface area (Å²) in [6.07, 6.45) is 5.48. The van der Waals surface area contributed by atoms with E-state index in [0.717, 1.165) is 36.0 Å². The molecule has 1 aromatic heterocycles. The maximum atomic E-state index is 16.0. The lowest BCUT2D eigenvalue weighted by Crippen LogP contribution is -2.25. The molecule has 1 unspecified atom stereocenters. The van der Waals surface area contributed by atoms with Crippen molar-refractivity contribution in [2.45, 2.75) is 31.6 Å². The third-order valence-corrected chi connectivity index (χ3v) is 7.98. The Balaban J connectivity index is 1.58. The Bertz CT molecular complexity index is 1570. The number of aryl methyl sites for hydroxylation is 1. The molecular formula is C27H22ClFN6O. The molecule has 6 rings (SSSR count). The van der Waals surface area contributed by atoms with Gasteiger partial charge in [-0.05, 0) is 60.3 Å². The van der Waals surface area contributed by atoms with E-state index < -0.39 is 5.82 Å². The highest BCUT2D eigenvalue weighted by Crippen LogP contribution is 2.54. The van der Waals surface area contributed by atoms with Crippen molar-refractivity contribution < 1.29 is 9.18 Å². The van der Waals surface area contributed by atoms with Gasteiger partial charge in [0.1, 0.15) is 11.8 Å². The van der Waals surface area contributed by atoms with E-state index in [0.29, 0.717) is 46.0 Å². The Morgan fingerprint density at radius 2 is 2.08 bits per heavy atom. The van der Waals surface area contributed by atoms with E-state index in [1.54, 1.807) is 24.0 Å². The Labute approximate surface area is 212 Å². The monoisotopic (exact) mass is 500 g/mol. The minimum atomic E-state index is -0.592. The number of hydrogen-bond acceptors (Lipinski definition) is 6. The number of nitrogens with one attached hydrogen (secondary N) is 1. The zero-order valence-corrected chi connectivity index (χ0v) is 20.3. The summed E-state index contributed by atoms with van der Waals surface area (Å²) in [5.74, 6) is 2.04. The smallest absolute Gasteiger partial charge is 0.152 e. The minimum Gasteiger partial charge on any atom is -0.325 e. The topological polar surface area (TPSA) is 109 Å². The van der Waals surface area contributed by atoms with E-state index in [4.69, 9.17) is 17.3 Å². The van der Waals surface area contributed by atoms with Crippen LogP contribution in [0.4, 0.5) is 4.39 Å². The van der Waals surface area contributed by atoms with Gasteiger partial charge >= 0.3 is 0 Å². The van der Waals surface area contributed by atoms with Crippen LogP contribution in [0.25, 0.3) is 28.1 Å². The van der Waals surface area contributed by atoms with Gasteiger partial charge in [0.2, 0.25) is 0 Å². The van der Waals surface area contributed by atoms with Gasteiger partial charge in [-0.3, -0.25) is 10.1 Å². The largest absolute Gasteiger partial charge is 0.325 e. The van der Waals surface area contributed by atoms with Crippen molar-refractivity contribution in [3.63, 3.8) is 0 Å². The number of aromatic nitrogens is 2. The van der Waals surface area contributed by atoms with Gasteiger partial charge in [0.15, 0.2) is 11.8 Å². The first-order valence-corrected chi connectivity index (χ1v) is 12.2. The van der Waals surface area contributed by atoms with Crippen molar-refractivity contribution >= 4 is 29.0 Å². The number of hydrazone groups is 1. The first-order chi connectivity index (χ1) is 17.5. The summed E-state index contributed by atoms with van der Waals surface area (Å²) in [7, 11) is 1.72. The molecule has 0 spiro atoms. The highest BCUT2D eigenvalue weighted by molar-refractivity contribution is 6.32. The van der Waals surface area contributed by atoms with Gasteiger partial charge in [-0.1, -0.05) is 23.7 Å². The minimum absolute atomic E-state index is 0.101. The summed E-state index contributed by atoms with van der Waals surface area (Å²) in [5, 5.41) is 19.0. The van der Waals surface area contributed by atoms with Crippen molar-refractivity contribution in [2.75, 3.05) is 6.54 Å². The molecule has 3 N–H and O–H groups in total. The molecule has 7 nitrogen and oxygen atoms in total. The number of nitriles is 1. The van der Waals surface area contributed by atoms with E-state index in [-0.39, 0.29) is 28.7 Å². The number of hydrogen-bond donors (Lipinski definition) is 2. The molecule has 3 aromatic rings. The average molecular weight is 501 g/mol. The van der Waals surface area contributed by atoms with E-state index in [2.05, 4.69) is 21.7 Å². The molecule has 9 heteroatoms. The predicted molar refractivity (Wildman–Crippen MR) is 135 cm³/mol. The molecule has 2 aliphatic carbocycles. The lowest BCUT2D eigenvalue weighted by molar-refractivity contribution is 0.568. The molecule has 0 radical (unpaired) electrons. The van der Waals surface area contributed by atoms with Crippen molar-refractivity contribution in [3.05, 3.63) is 63.1 Å². The van der Waals surface area contributed by atoms with Crippen LogP contribution in [0.2, 0.25) is 5.02 Å².